The fourth-order valence-corrected chi connectivity index (χ4v) is 1.31. The van der Waals surface area contributed by atoms with Gasteiger partial charge >= 0.3 is 0 Å². The quantitative estimate of drug-likeness (QED) is 0.734. The van der Waals surface area contributed by atoms with E-state index in [-0.39, 0.29) is 6.04 Å². The molecular weight excluding hydrogens is 164 g/mol. The van der Waals surface area contributed by atoms with Crippen molar-refractivity contribution in [3.05, 3.63) is 11.8 Å². The van der Waals surface area contributed by atoms with Gasteiger partial charge in [0.25, 0.3) is 0 Å². The van der Waals surface area contributed by atoms with E-state index in [0.29, 0.717) is 11.7 Å². The maximum absolute atomic E-state index is 5.95. The lowest BCUT2D eigenvalue weighted by Gasteiger charge is -2.10. The Balaban J connectivity index is 2.71. The standard InChI is InChI=1S/C9H18N4/c1-6(2)4-7(10)8-5-9(11)13(3)12-8/h5-7H,4,10-11H2,1-3H3. The first-order valence-electron chi connectivity index (χ1n) is 4.55. The predicted octanol–water partition coefficient (Wildman–Crippen LogP) is 1.05. The summed E-state index contributed by atoms with van der Waals surface area (Å²) in [5, 5.41) is 4.23. The van der Waals surface area contributed by atoms with Crippen molar-refractivity contribution in [2.75, 3.05) is 5.73 Å². The average molecular weight is 182 g/mol. The molecule has 0 aromatic carbocycles. The highest BCUT2D eigenvalue weighted by Crippen LogP contribution is 2.18. The highest BCUT2D eigenvalue weighted by Gasteiger charge is 2.12. The molecule has 0 amide bonds. The molecule has 4 N–H and O–H groups in total. The van der Waals surface area contributed by atoms with Crippen molar-refractivity contribution in [3.8, 4) is 0 Å². The first-order valence-corrected chi connectivity index (χ1v) is 4.55. The van der Waals surface area contributed by atoms with Crippen LogP contribution in [0.4, 0.5) is 5.82 Å². The van der Waals surface area contributed by atoms with Crippen LogP contribution in [0, 0.1) is 5.92 Å². The SMILES string of the molecule is CC(C)CC(N)c1cc(N)n(C)n1. The molecule has 0 aliphatic carbocycles. The largest absolute Gasteiger partial charge is 0.384 e. The molecule has 1 heterocycles. The van der Waals surface area contributed by atoms with Crippen LogP contribution in [0.15, 0.2) is 6.07 Å². The van der Waals surface area contributed by atoms with Crippen molar-refractivity contribution in [1.29, 1.82) is 0 Å². The lowest BCUT2D eigenvalue weighted by atomic mass is 10.0. The minimum absolute atomic E-state index is 0.00324. The smallest absolute Gasteiger partial charge is 0.121 e. The van der Waals surface area contributed by atoms with Gasteiger partial charge in [0, 0.05) is 19.2 Å². The number of aryl methyl sites for hydroxylation is 1. The van der Waals surface area contributed by atoms with E-state index in [1.165, 1.54) is 0 Å². The van der Waals surface area contributed by atoms with Gasteiger partial charge in [-0.25, -0.2) is 0 Å². The molecule has 0 radical (unpaired) electrons. The first-order chi connectivity index (χ1) is 6.00. The fraction of sp³-hybridized carbons (Fsp3) is 0.667. The molecule has 0 aliphatic heterocycles. The Morgan fingerprint density at radius 1 is 1.54 bits per heavy atom. The van der Waals surface area contributed by atoms with Gasteiger partial charge in [-0.05, 0) is 12.3 Å². The summed E-state index contributed by atoms with van der Waals surface area (Å²) in [7, 11) is 1.82. The Hall–Kier alpha value is -1.03. The number of nitrogen functional groups attached to an aromatic ring is 1. The van der Waals surface area contributed by atoms with Gasteiger partial charge in [-0.2, -0.15) is 5.10 Å². The van der Waals surface area contributed by atoms with Crippen LogP contribution in [0.1, 0.15) is 32.0 Å². The van der Waals surface area contributed by atoms with E-state index in [0.717, 1.165) is 12.1 Å². The number of nitrogens with zero attached hydrogens (tertiary/aromatic N) is 2. The highest BCUT2D eigenvalue weighted by atomic mass is 15.3. The molecule has 0 bridgehead atoms. The van der Waals surface area contributed by atoms with E-state index < -0.39 is 0 Å². The van der Waals surface area contributed by atoms with Gasteiger partial charge in [0.1, 0.15) is 5.82 Å². The van der Waals surface area contributed by atoms with E-state index in [1.54, 1.807) is 4.68 Å². The summed E-state index contributed by atoms with van der Waals surface area (Å²) in [5.41, 5.74) is 12.5. The second-order valence-corrected chi connectivity index (χ2v) is 3.85. The Morgan fingerprint density at radius 2 is 2.15 bits per heavy atom. The van der Waals surface area contributed by atoms with E-state index in [1.807, 2.05) is 13.1 Å². The number of hydrogen-bond acceptors (Lipinski definition) is 3. The molecule has 1 aromatic heterocycles. The van der Waals surface area contributed by atoms with E-state index in [2.05, 4.69) is 18.9 Å². The van der Waals surface area contributed by atoms with E-state index in [4.69, 9.17) is 11.5 Å². The number of hydrogen-bond donors (Lipinski definition) is 2. The third kappa shape index (κ3) is 2.45. The van der Waals surface area contributed by atoms with Gasteiger partial charge in [0.05, 0.1) is 5.69 Å². The van der Waals surface area contributed by atoms with Crippen molar-refractivity contribution in [1.82, 2.24) is 9.78 Å². The first kappa shape index (κ1) is 10.1. The molecule has 4 nitrogen and oxygen atoms in total. The monoisotopic (exact) mass is 182 g/mol. The summed E-state index contributed by atoms with van der Waals surface area (Å²) in [6.07, 6.45) is 0.941. The number of rotatable bonds is 3. The Morgan fingerprint density at radius 3 is 2.54 bits per heavy atom. The molecule has 0 spiro atoms. The molecule has 1 atom stereocenters. The predicted molar refractivity (Wildman–Crippen MR) is 54.0 cm³/mol. The molecule has 0 saturated heterocycles. The van der Waals surface area contributed by atoms with Gasteiger partial charge in [-0.1, -0.05) is 13.8 Å². The summed E-state index contributed by atoms with van der Waals surface area (Å²) >= 11 is 0. The van der Waals surface area contributed by atoms with Crippen molar-refractivity contribution >= 4 is 5.82 Å². The average Bonchev–Trinajstić information content (AvgIpc) is 2.31. The summed E-state index contributed by atoms with van der Waals surface area (Å²) < 4.78 is 1.65. The molecule has 0 fully saturated rings. The Kier molecular flexibility index (Phi) is 2.93. The van der Waals surface area contributed by atoms with E-state index in [9.17, 15) is 0 Å². The van der Waals surface area contributed by atoms with Crippen LogP contribution in [0.5, 0.6) is 0 Å². The van der Waals surface area contributed by atoms with Crippen LogP contribution >= 0.6 is 0 Å². The number of aromatic nitrogens is 2. The van der Waals surface area contributed by atoms with Crippen molar-refractivity contribution < 1.29 is 0 Å². The van der Waals surface area contributed by atoms with Crippen molar-refractivity contribution in [2.45, 2.75) is 26.3 Å². The van der Waals surface area contributed by atoms with Gasteiger partial charge < -0.3 is 11.5 Å². The van der Waals surface area contributed by atoms with Gasteiger partial charge in [0.15, 0.2) is 0 Å². The zero-order valence-electron chi connectivity index (χ0n) is 8.49. The van der Waals surface area contributed by atoms with Crippen LogP contribution < -0.4 is 11.5 Å². The van der Waals surface area contributed by atoms with Crippen molar-refractivity contribution in [3.63, 3.8) is 0 Å². The normalized spacial score (nSPS) is 13.6. The molecular formula is C9H18N4. The summed E-state index contributed by atoms with van der Waals surface area (Å²) in [5.74, 6) is 1.24. The van der Waals surface area contributed by atoms with Crippen LogP contribution in [-0.2, 0) is 7.05 Å². The zero-order valence-corrected chi connectivity index (χ0v) is 8.49. The third-order valence-corrected chi connectivity index (χ3v) is 2.04. The molecule has 0 aliphatic rings. The topological polar surface area (TPSA) is 69.9 Å². The fourth-order valence-electron chi connectivity index (χ4n) is 1.31. The van der Waals surface area contributed by atoms with Gasteiger partial charge in [-0.3, -0.25) is 4.68 Å². The number of anilines is 1. The summed E-state index contributed by atoms with van der Waals surface area (Å²) in [4.78, 5) is 0. The number of nitrogens with two attached hydrogens (primary N) is 2. The van der Waals surface area contributed by atoms with Gasteiger partial charge in [-0.15, -0.1) is 0 Å². The molecule has 13 heavy (non-hydrogen) atoms. The minimum atomic E-state index is 0.00324. The third-order valence-electron chi connectivity index (χ3n) is 2.04. The molecule has 1 rings (SSSR count). The molecule has 0 saturated carbocycles. The zero-order chi connectivity index (χ0) is 10.0. The second kappa shape index (κ2) is 3.79. The second-order valence-electron chi connectivity index (χ2n) is 3.85. The summed E-state index contributed by atoms with van der Waals surface area (Å²) in [6.45, 7) is 4.29. The van der Waals surface area contributed by atoms with Crippen LogP contribution in [0.3, 0.4) is 0 Å². The highest BCUT2D eigenvalue weighted by molar-refractivity contribution is 5.31. The lowest BCUT2D eigenvalue weighted by Crippen LogP contribution is -2.13. The maximum Gasteiger partial charge on any atom is 0.121 e. The van der Waals surface area contributed by atoms with Crippen molar-refractivity contribution in [2.24, 2.45) is 18.7 Å². The molecule has 4 heteroatoms. The van der Waals surface area contributed by atoms with E-state index >= 15 is 0 Å². The minimum Gasteiger partial charge on any atom is -0.384 e. The summed E-state index contributed by atoms with van der Waals surface area (Å²) in [6, 6.07) is 1.84. The molecule has 74 valence electrons. The van der Waals surface area contributed by atoms with Gasteiger partial charge in [0.2, 0.25) is 0 Å². The Labute approximate surface area is 78.9 Å². The van der Waals surface area contributed by atoms with Crippen LogP contribution in [-0.4, -0.2) is 9.78 Å². The molecule has 1 aromatic rings. The lowest BCUT2D eigenvalue weighted by molar-refractivity contribution is 0.498. The molecule has 1 unspecified atom stereocenters. The Bertz CT molecular complexity index is 258. The maximum atomic E-state index is 5.95. The van der Waals surface area contributed by atoms with Crippen LogP contribution in [0.25, 0.3) is 0 Å². The van der Waals surface area contributed by atoms with Crippen LogP contribution in [0.2, 0.25) is 0 Å².